The average molecular weight is 278 g/mol. The summed E-state index contributed by atoms with van der Waals surface area (Å²) in [6.07, 6.45) is 1.38. The van der Waals surface area contributed by atoms with Gasteiger partial charge in [-0.3, -0.25) is 0 Å². The first-order chi connectivity index (χ1) is 9.74. The molecule has 1 saturated heterocycles. The lowest BCUT2D eigenvalue weighted by Crippen LogP contribution is -2.51. The Bertz CT molecular complexity index is 416. The van der Waals surface area contributed by atoms with Gasteiger partial charge in [0, 0.05) is 13.7 Å². The number of benzene rings is 1. The maximum absolute atomic E-state index is 11.7. The average Bonchev–Trinajstić information content (AvgIpc) is 2.53. The van der Waals surface area contributed by atoms with Crippen LogP contribution < -0.4 is 10.6 Å². The molecule has 0 radical (unpaired) electrons. The Hall–Kier alpha value is -1.59. The minimum atomic E-state index is -0.399. The first kappa shape index (κ1) is 14.8. The van der Waals surface area contributed by atoms with Crippen molar-refractivity contribution in [2.45, 2.75) is 25.0 Å². The Morgan fingerprint density at radius 1 is 1.30 bits per heavy atom. The van der Waals surface area contributed by atoms with Gasteiger partial charge in [-0.15, -0.1) is 0 Å². The minimum absolute atomic E-state index is 0.267. The van der Waals surface area contributed by atoms with E-state index in [0.717, 1.165) is 31.5 Å². The molecule has 2 rings (SSSR count). The van der Waals surface area contributed by atoms with Crippen LogP contribution in [-0.2, 0) is 16.1 Å². The van der Waals surface area contributed by atoms with Crippen molar-refractivity contribution in [3.63, 3.8) is 0 Å². The van der Waals surface area contributed by atoms with E-state index in [1.54, 1.807) is 7.11 Å². The monoisotopic (exact) mass is 278 g/mol. The van der Waals surface area contributed by atoms with Crippen molar-refractivity contribution < 1.29 is 14.3 Å². The molecule has 1 fully saturated rings. The maximum atomic E-state index is 11.7. The van der Waals surface area contributed by atoms with Crippen molar-refractivity contribution in [1.82, 2.24) is 10.6 Å². The first-order valence-corrected chi connectivity index (χ1v) is 6.94. The van der Waals surface area contributed by atoms with Gasteiger partial charge in [-0.1, -0.05) is 30.3 Å². The molecular weight excluding hydrogens is 256 g/mol. The van der Waals surface area contributed by atoms with E-state index in [9.17, 15) is 4.79 Å². The van der Waals surface area contributed by atoms with Crippen LogP contribution in [0, 0.1) is 0 Å². The molecule has 1 aromatic carbocycles. The zero-order valence-corrected chi connectivity index (χ0v) is 11.9. The fraction of sp³-hybridized carbons (Fsp3) is 0.533. The van der Waals surface area contributed by atoms with Crippen molar-refractivity contribution in [1.29, 1.82) is 0 Å². The number of amides is 1. The third-order valence-electron chi connectivity index (χ3n) is 3.72. The molecule has 0 atom stereocenters. The molecule has 110 valence electrons. The standard InChI is InChI=1S/C15H22N2O3/c1-19-15(7-9-16-10-8-15)12-17-14(18)20-11-13-5-3-2-4-6-13/h2-6,16H,7-12H2,1H3,(H,17,18). The van der Waals surface area contributed by atoms with Crippen LogP contribution in [0.4, 0.5) is 4.79 Å². The Morgan fingerprint density at radius 2 is 2.00 bits per heavy atom. The molecule has 0 saturated carbocycles. The van der Waals surface area contributed by atoms with Crippen LogP contribution in [0.15, 0.2) is 30.3 Å². The highest BCUT2D eigenvalue weighted by atomic mass is 16.5. The second-order valence-corrected chi connectivity index (χ2v) is 5.05. The lowest BCUT2D eigenvalue weighted by Gasteiger charge is -2.36. The Balaban J connectivity index is 1.74. The summed E-state index contributed by atoms with van der Waals surface area (Å²) in [5.41, 5.74) is 0.711. The number of methoxy groups -OCH3 is 1. The highest BCUT2D eigenvalue weighted by Gasteiger charge is 2.32. The predicted molar refractivity (Wildman–Crippen MR) is 76.5 cm³/mol. The second kappa shape index (κ2) is 7.26. The van der Waals surface area contributed by atoms with Crippen molar-refractivity contribution in [2.75, 3.05) is 26.7 Å². The van der Waals surface area contributed by atoms with Crippen LogP contribution in [0.1, 0.15) is 18.4 Å². The van der Waals surface area contributed by atoms with Crippen LogP contribution in [0.25, 0.3) is 0 Å². The number of hydrogen-bond acceptors (Lipinski definition) is 4. The number of alkyl carbamates (subject to hydrolysis) is 1. The zero-order valence-electron chi connectivity index (χ0n) is 11.9. The van der Waals surface area contributed by atoms with Gasteiger partial charge < -0.3 is 20.1 Å². The van der Waals surface area contributed by atoms with Gasteiger partial charge in [0.25, 0.3) is 0 Å². The molecule has 1 heterocycles. The largest absolute Gasteiger partial charge is 0.445 e. The normalized spacial score (nSPS) is 17.4. The summed E-state index contributed by atoms with van der Waals surface area (Å²) in [4.78, 5) is 11.7. The minimum Gasteiger partial charge on any atom is -0.445 e. The van der Waals surface area contributed by atoms with Gasteiger partial charge in [-0.2, -0.15) is 0 Å². The van der Waals surface area contributed by atoms with Gasteiger partial charge in [0.05, 0.1) is 5.60 Å². The van der Waals surface area contributed by atoms with Crippen molar-refractivity contribution in [3.8, 4) is 0 Å². The molecule has 5 heteroatoms. The molecule has 1 aliphatic rings. The number of hydrogen-bond donors (Lipinski definition) is 2. The van der Waals surface area contributed by atoms with E-state index in [0.29, 0.717) is 6.54 Å². The third kappa shape index (κ3) is 4.21. The molecule has 5 nitrogen and oxygen atoms in total. The molecule has 0 unspecified atom stereocenters. The van der Waals surface area contributed by atoms with E-state index in [1.165, 1.54) is 0 Å². The Morgan fingerprint density at radius 3 is 2.65 bits per heavy atom. The molecule has 1 aromatic rings. The van der Waals surface area contributed by atoms with Crippen LogP contribution in [0.5, 0.6) is 0 Å². The summed E-state index contributed by atoms with van der Waals surface area (Å²) in [6, 6.07) is 9.63. The molecule has 20 heavy (non-hydrogen) atoms. The van der Waals surface area contributed by atoms with Gasteiger partial charge in [-0.25, -0.2) is 4.79 Å². The summed E-state index contributed by atoms with van der Waals surface area (Å²) >= 11 is 0. The van der Waals surface area contributed by atoms with E-state index in [-0.39, 0.29) is 12.2 Å². The van der Waals surface area contributed by atoms with E-state index in [4.69, 9.17) is 9.47 Å². The van der Waals surface area contributed by atoms with Gasteiger partial charge in [-0.05, 0) is 31.5 Å². The maximum Gasteiger partial charge on any atom is 0.407 e. The van der Waals surface area contributed by atoms with E-state index >= 15 is 0 Å². The topological polar surface area (TPSA) is 59.6 Å². The number of piperidine rings is 1. The summed E-state index contributed by atoms with van der Waals surface area (Å²) < 4.78 is 10.8. The van der Waals surface area contributed by atoms with E-state index in [2.05, 4.69) is 10.6 Å². The number of nitrogens with one attached hydrogen (secondary N) is 2. The van der Waals surface area contributed by atoms with Crippen LogP contribution in [0.3, 0.4) is 0 Å². The molecule has 1 aliphatic heterocycles. The fourth-order valence-electron chi connectivity index (χ4n) is 2.34. The number of ether oxygens (including phenoxy) is 2. The van der Waals surface area contributed by atoms with Crippen molar-refractivity contribution in [2.24, 2.45) is 0 Å². The highest BCUT2D eigenvalue weighted by Crippen LogP contribution is 2.21. The fourth-order valence-corrected chi connectivity index (χ4v) is 2.34. The lowest BCUT2D eigenvalue weighted by molar-refractivity contribution is -0.0322. The molecule has 0 spiro atoms. The Kier molecular flexibility index (Phi) is 5.38. The van der Waals surface area contributed by atoms with E-state index in [1.807, 2.05) is 30.3 Å². The Labute approximate surface area is 119 Å². The number of carbonyl (C=O) groups excluding carboxylic acids is 1. The number of rotatable bonds is 5. The third-order valence-corrected chi connectivity index (χ3v) is 3.72. The van der Waals surface area contributed by atoms with Crippen LogP contribution in [-0.4, -0.2) is 38.4 Å². The summed E-state index contributed by atoms with van der Waals surface area (Å²) in [7, 11) is 1.70. The van der Waals surface area contributed by atoms with Gasteiger partial charge in [0.1, 0.15) is 6.61 Å². The SMILES string of the molecule is COC1(CNC(=O)OCc2ccccc2)CCNCC1. The molecule has 1 amide bonds. The van der Waals surface area contributed by atoms with Gasteiger partial charge >= 0.3 is 6.09 Å². The molecular formula is C15H22N2O3. The van der Waals surface area contributed by atoms with Crippen molar-refractivity contribution in [3.05, 3.63) is 35.9 Å². The molecule has 0 bridgehead atoms. The molecule has 0 aromatic heterocycles. The first-order valence-electron chi connectivity index (χ1n) is 6.94. The lowest BCUT2D eigenvalue weighted by atomic mass is 9.92. The smallest absolute Gasteiger partial charge is 0.407 e. The summed E-state index contributed by atoms with van der Waals surface area (Å²) in [5, 5.41) is 6.08. The second-order valence-electron chi connectivity index (χ2n) is 5.05. The van der Waals surface area contributed by atoms with E-state index < -0.39 is 6.09 Å². The van der Waals surface area contributed by atoms with Crippen LogP contribution in [0.2, 0.25) is 0 Å². The molecule has 2 N–H and O–H groups in total. The number of carbonyl (C=O) groups is 1. The summed E-state index contributed by atoms with van der Waals surface area (Å²) in [5.74, 6) is 0. The quantitative estimate of drug-likeness (QED) is 0.860. The van der Waals surface area contributed by atoms with Gasteiger partial charge in [0.15, 0.2) is 0 Å². The highest BCUT2D eigenvalue weighted by molar-refractivity contribution is 5.67. The van der Waals surface area contributed by atoms with Crippen molar-refractivity contribution >= 4 is 6.09 Å². The predicted octanol–water partition coefficient (Wildman–Crippen LogP) is 1.68. The zero-order chi connectivity index (χ0) is 14.3. The van der Waals surface area contributed by atoms with Crippen LogP contribution >= 0.6 is 0 Å². The molecule has 0 aliphatic carbocycles. The summed E-state index contributed by atoms with van der Waals surface area (Å²) in [6.45, 7) is 2.59. The van der Waals surface area contributed by atoms with Gasteiger partial charge in [0.2, 0.25) is 0 Å².